The second-order valence-corrected chi connectivity index (χ2v) is 4.79. The molecular weight excluding hydrogens is 310 g/mol. The second kappa shape index (κ2) is 6.07. The average molecular weight is 322 g/mol. The highest BCUT2D eigenvalue weighted by Gasteiger charge is 2.21. The normalized spacial score (nSPS) is 12.6. The molecule has 3 rings (SSSR count). The molecule has 8 heteroatoms. The highest BCUT2D eigenvalue weighted by Crippen LogP contribution is 2.40. The van der Waals surface area contributed by atoms with Crippen LogP contribution in [0, 0.1) is 0 Å². The Morgan fingerprint density at radius 1 is 1.27 bits per heavy atom. The fourth-order valence-corrected chi connectivity index (χ4v) is 2.08. The summed E-state index contributed by atoms with van der Waals surface area (Å²) in [4.78, 5) is 12.3. The van der Waals surface area contributed by atoms with Gasteiger partial charge in [0.1, 0.15) is 13.2 Å². The van der Waals surface area contributed by atoms with Crippen LogP contribution in [-0.4, -0.2) is 36.4 Å². The molecule has 1 aromatic carbocycles. The number of carbonyl (C=O) groups excluding carboxylic acids is 1. The number of hydrogen-bond donors (Lipinski definition) is 1. The van der Waals surface area contributed by atoms with Crippen molar-refractivity contribution >= 4 is 23.3 Å². The van der Waals surface area contributed by atoms with E-state index in [4.69, 9.17) is 25.8 Å². The van der Waals surface area contributed by atoms with Crippen molar-refractivity contribution in [3.05, 3.63) is 35.0 Å². The van der Waals surface area contributed by atoms with Crippen LogP contribution in [0.5, 0.6) is 17.2 Å². The molecule has 0 radical (unpaired) electrons. The van der Waals surface area contributed by atoms with Gasteiger partial charge in [-0.3, -0.25) is 4.79 Å². The Balaban J connectivity index is 1.87. The Labute approximate surface area is 131 Å². The summed E-state index contributed by atoms with van der Waals surface area (Å²) >= 11 is 5.65. The van der Waals surface area contributed by atoms with Crippen molar-refractivity contribution in [2.24, 2.45) is 0 Å². The number of amides is 1. The van der Waals surface area contributed by atoms with E-state index in [0.29, 0.717) is 41.8 Å². The summed E-state index contributed by atoms with van der Waals surface area (Å²) in [6.45, 7) is 0.860. The van der Waals surface area contributed by atoms with Crippen molar-refractivity contribution in [1.29, 1.82) is 0 Å². The Morgan fingerprint density at radius 2 is 2.09 bits per heavy atom. The largest absolute Gasteiger partial charge is 0.493 e. The van der Waals surface area contributed by atoms with Crippen LogP contribution < -0.4 is 19.5 Å². The van der Waals surface area contributed by atoms with E-state index in [2.05, 4.69) is 15.5 Å². The lowest BCUT2D eigenvalue weighted by Gasteiger charge is -2.21. The van der Waals surface area contributed by atoms with Crippen molar-refractivity contribution in [2.45, 2.75) is 0 Å². The van der Waals surface area contributed by atoms with Crippen molar-refractivity contribution in [2.75, 3.05) is 25.6 Å². The summed E-state index contributed by atoms with van der Waals surface area (Å²) in [5.74, 6) is 1.33. The lowest BCUT2D eigenvalue weighted by molar-refractivity contribution is 0.102. The van der Waals surface area contributed by atoms with E-state index in [1.54, 1.807) is 18.2 Å². The highest BCUT2D eigenvalue weighted by atomic mass is 35.5. The minimum atomic E-state index is -0.369. The maximum atomic E-state index is 12.3. The molecule has 1 aliphatic rings. The van der Waals surface area contributed by atoms with Gasteiger partial charge in [-0.1, -0.05) is 11.6 Å². The fourth-order valence-electron chi connectivity index (χ4n) is 1.98. The minimum Gasteiger partial charge on any atom is -0.493 e. The molecule has 0 saturated carbocycles. The third kappa shape index (κ3) is 2.89. The van der Waals surface area contributed by atoms with E-state index in [1.165, 1.54) is 13.2 Å². The molecule has 0 unspecified atom stereocenters. The number of halogens is 1. The van der Waals surface area contributed by atoms with Crippen LogP contribution in [0.3, 0.4) is 0 Å². The Hall–Kier alpha value is -2.54. The lowest BCUT2D eigenvalue weighted by atomic mass is 10.1. The topological polar surface area (TPSA) is 82.6 Å². The predicted octanol–water partition coefficient (Wildman–Crippen LogP) is 2.16. The summed E-state index contributed by atoms with van der Waals surface area (Å²) in [5.41, 5.74) is 0.359. The van der Waals surface area contributed by atoms with Crippen LogP contribution >= 0.6 is 11.6 Å². The zero-order valence-corrected chi connectivity index (χ0v) is 12.4. The number of carbonyl (C=O) groups is 1. The SMILES string of the molecule is COc1cc(C(=O)Nc2ccc(Cl)nn2)cc2c1OCCO2. The van der Waals surface area contributed by atoms with E-state index >= 15 is 0 Å². The number of anilines is 1. The molecule has 0 saturated heterocycles. The molecule has 1 N–H and O–H groups in total. The number of ether oxygens (including phenoxy) is 3. The van der Waals surface area contributed by atoms with Crippen molar-refractivity contribution in [3.63, 3.8) is 0 Å². The molecule has 0 spiro atoms. The van der Waals surface area contributed by atoms with Gasteiger partial charge in [0, 0.05) is 5.56 Å². The van der Waals surface area contributed by atoms with Gasteiger partial charge in [0.15, 0.2) is 22.5 Å². The number of nitrogens with one attached hydrogen (secondary N) is 1. The maximum absolute atomic E-state index is 12.3. The molecule has 7 nitrogen and oxygen atoms in total. The van der Waals surface area contributed by atoms with E-state index in [9.17, 15) is 4.79 Å². The Morgan fingerprint density at radius 3 is 2.82 bits per heavy atom. The van der Waals surface area contributed by atoms with Crippen LogP contribution in [0.2, 0.25) is 5.15 Å². The van der Waals surface area contributed by atoms with E-state index < -0.39 is 0 Å². The van der Waals surface area contributed by atoms with E-state index in [1.807, 2.05) is 0 Å². The summed E-state index contributed by atoms with van der Waals surface area (Å²) in [6, 6.07) is 6.26. The molecule has 114 valence electrons. The molecule has 2 heterocycles. The first kappa shape index (κ1) is 14.4. The van der Waals surface area contributed by atoms with Gasteiger partial charge < -0.3 is 19.5 Å². The summed E-state index contributed by atoms with van der Waals surface area (Å²) < 4.78 is 16.2. The van der Waals surface area contributed by atoms with Crippen LogP contribution in [0.25, 0.3) is 0 Å². The standard InChI is InChI=1S/C14H12ClN3O4/c1-20-9-6-8(7-10-13(9)22-5-4-21-10)14(19)16-12-3-2-11(15)17-18-12/h2-3,6-7H,4-5H2,1H3,(H,16,18,19). The summed E-state index contributed by atoms with van der Waals surface area (Å²) in [7, 11) is 1.50. The minimum absolute atomic E-state index is 0.249. The third-order valence-electron chi connectivity index (χ3n) is 2.96. The number of hydrogen-bond acceptors (Lipinski definition) is 6. The first-order chi connectivity index (χ1) is 10.7. The van der Waals surface area contributed by atoms with Gasteiger partial charge in [0.05, 0.1) is 7.11 Å². The average Bonchev–Trinajstić information content (AvgIpc) is 2.55. The number of rotatable bonds is 3. The molecule has 0 fully saturated rings. The molecular formula is C14H12ClN3O4. The van der Waals surface area contributed by atoms with Gasteiger partial charge in [-0.2, -0.15) is 0 Å². The first-order valence-corrected chi connectivity index (χ1v) is 6.83. The lowest BCUT2D eigenvalue weighted by Crippen LogP contribution is -2.18. The monoisotopic (exact) mass is 321 g/mol. The van der Waals surface area contributed by atoms with Crippen molar-refractivity contribution in [1.82, 2.24) is 10.2 Å². The zero-order chi connectivity index (χ0) is 15.5. The quantitative estimate of drug-likeness (QED) is 0.932. The van der Waals surface area contributed by atoms with E-state index in [0.717, 1.165) is 0 Å². The molecule has 0 aliphatic carbocycles. The molecule has 0 atom stereocenters. The van der Waals surface area contributed by atoms with Crippen molar-refractivity contribution in [3.8, 4) is 17.2 Å². The smallest absolute Gasteiger partial charge is 0.257 e. The van der Waals surface area contributed by atoms with Crippen LogP contribution in [0.15, 0.2) is 24.3 Å². The summed E-state index contributed by atoms with van der Waals surface area (Å²) in [6.07, 6.45) is 0. The number of benzene rings is 1. The predicted molar refractivity (Wildman–Crippen MR) is 79.0 cm³/mol. The molecule has 22 heavy (non-hydrogen) atoms. The molecule has 1 aliphatic heterocycles. The highest BCUT2D eigenvalue weighted by molar-refractivity contribution is 6.29. The third-order valence-corrected chi connectivity index (χ3v) is 3.17. The van der Waals surface area contributed by atoms with Gasteiger partial charge in [-0.25, -0.2) is 0 Å². The van der Waals surface area contributed by atoms with Crippen LogP contribution in [0.4, 0.5) is 5.82 Å². The second-order valence-electron chi connectivity index (χ2n) is 4.40. The Kier molecular flexibility index (Phi) is 3.97. The molecule has 1 amide bonds. The molecule has 0 bridgehead atoms. The number of methoxy groups -OCH3 is 1. The molecule has 1 aromatic heterocycles. The molecule has 2 aromatic rings. The first-order valence-electron chi connectivity index (χ1n) is 6.45. The number of nitrogens with zero attached hydrogens (tertiary/aromatic N) is 2. The maximum Gasteiger partial charge on any atom is 0.257 e. The van der Waals surface area contributed by atoms with Gasteiger partial charge in [-0.05, 0) is 24.3 Å². The van der Waals surface area contributed by atoms with Gasteiger partial charge >= 0.3 is 0 Å². The Bertz CT molecular complexity index is 689. The van der Waals surface area contributed by atoms with E-state index in [-0.39, 0.29) is 11.1 Å². The fraction of sp³-hybridized carbons (Fsp3) is 0.214. The van der Waals surface area contributed by atoms with Gasteiger partial charge in [0.2, 0.25) is 5.75 Å². The van der Waals surface area contributed by atoms with Gasteiger partial charge in [0.25, 0.3) is 5.91 Å². The van der Waals surface area contributed by atoms with Crippen LogP contribution in [-0.2, 0) is 0 Å². The zero-order valence-electron chi connectivity index (χ0n) is 11.6. The number of aromatic nitrogens is 2. The van der Waals surface area contributed by atoms with Crippen LogP contribution in [0.1, 0.15) is 10.4 Å². The van der Waals surface area contributed by atoms with Gasteiger partial charge in [-0.15, -0.1) is 10.2 Å². The summed E-state index contributed by atoms with van der Waals surface area (Å²) in [5, 5.41) is 10.3. The van der Waals surface area contributed by atoms with Crippen molar-refractivity contribution < 1.29 is 19.0 Å². The number of fused-ring (bicyclic) bond motifs is 1.